The molecule has 3 heterocycles. The number of aliphatic imine (C=N–C) groups is 1. The summed E-state index contributed by atoms with van der Waals surface area (Å²) in [5.41, 5.74) is 12.5. The number of carbonyl (C=O) groups is 4. The number of fused-ring (bicyclic) bond motifs is 5. The fourth-order valence-corrected chi connectivity index (χ4v) is 6.39. The van der Waals surface area contributed by atoms with E-state index in [-0.39, 0.29) is 48.2 Å². The first-order valence-corrected chi connectivity index (χ1v) is 17.4. The number of hydroxylamine groups is 1. The Kier molecular flexibility index (Phi) is 11.4. The first-order valence-electron chi connectivity index (χ1n) is 17.4. The second kappa shape index (κ2) is 16.4. The summed E-state index contributed by atoms with van der Waals surface area (Å²) in [6, 6.07) is 16.3. The van der Waals surface area contributed by atoms with Crippen LogP contribution in [0.3, 0.4) is 0 Å². The van der Waals surface area contributed by atoms with E-state index in [0.29, 0.717) is 24.1 Å². The molecule has 0 aliphatic carbocycles. The van der Waals surface area contributed by atoms with Crippen molar-refractivity contribution in [3.8, 4) is 11.5 Å². The van der Waals surface area contributed by atoms with Gasteiger partial charge in [0.1, 0.15) is 6.04 Å². The third-order valence-electron chi connectivity index (χ3n) is 9.29. The summed E-state index contributed by atoms with van der Waals surface area (Å²) in [6.07, 6.45) is 0.884. The Morgan fingerprint density at radius 3 is 2.50 bits per heavy atom. The molecule has 3 unspecified atom stereocenters. The van der Waals surface area contributed by atoms with Gasteiger partial charge in [-0.1, -0.05) is 43.0 Å². The predicted octanol–water partition coefficient (Wildman–Crippen LogP) is 3.53. The highest BCUT2D eigenvalue weighted by molar-refractivity contribution is 6.14. The van der Waals surface area contributed by atoms with Gasteiger partial charge in [0.15, 0.2) is 5.75 Å². The Bertz CT molecular complexity index is 1940. The minimum Gasteiger partial charge on any atom is -0.493 e. The molecular formula is C38H43N7O9. The quantitative estimate of drug-likeness (QED) is 0.114. The smallest absolute Gasteiger partial charge is 0.438 e. The summed E-state index contributed by atoms with van der Waals surface area (Å²) >= 11 is 0. The molecule has 3 aromatic carbocycles. The van der Waals surface area contributed by atoms with E-state index in [1.165, 1.54) is 33.0 Å². The van der Waals surface area contributed by atoms with Crippen molar-refractivity contribution in [2.75, 3.05) is 31.0 Å². The molecule has 3 aliphatic heterocycles. The highest BCUT2D eigenvalue weighted by Crippen LogP contribution is 2.41. The Morgan fingerprint density at radius 1 is 1.04 bits per heavy atom. The van der Waals surface area contributed by atoms with Crippen LogP contribution in [-0.4, -0.2) is 86.2 Å². The number of ether oxygens (including phenoxy) is 2. The summed E-state index contributed by atoms with van der Waals surface area (Å²) in [5.74, 6) is -1.19. The average molecular weight is 742 g/mol. The highest BCUT2D eigenvalue weighted by atomic mass is 17.2. The number of benzene rings is 3. The lowest BCUT2D eigenvalue weighted by atomic mass is 10.1. The van der Waals surface area contributed by atoms with Gasteiger partial charge in [0.2, 0.25) is 17.9 Å². The van der Waals surface area contributed by atoms with Crippen molar-refractivity contribution in [1.82, 2.24) is 15.7 Å². The maximum Gasteiger partial charge on any atom is 0.438 e. The molecule has 0 aromatic heterocycles. The van der Waals surface area contributed by atoms with E-state index in [1.807, 2.05) is 48.5 Å². The van der Waals surface area contributed by atoms with Crippen LogP contribution < -0.4 is 36.4 Å². The maximum atomic E-state index is 13.8. The zero-order valence-electron chi connectivity index (χ0n) is 30.4. The molecule has 3 aromatic rings. The first kappa shape index (κ1) is 37.8. The Balaban J connectivity index is 1.13. The monoisotopic (exact) mass is 741 g/mol. The van der Waals surface area contributed by atoms with Gasteiger partial charge >= 0.3 is 6.09 Å². The maximum absolute atomic E-state index is 13.8. The van der Waals surface area contributed by atoms with Gasteiger partial charge in [0.05, 0.1) is 30.4 Å². The summed E-state index contributed by atoms with van der Waals surface area (Å²) in [4.78, 5) is 76.0. The zero-order chi connectivity index (χ0) is 38.5. The van der Waals surface area contributed by atoms with Crippen LogP contribution in [0.15, 0.2) is 77.9 Å². The number of carbonyl (C=O) groups excluding carboxylic acids is 4. The lowest BCUT2D eigenvalue weighted by molar-refractivity contribution is -0.313. The first-order chi connectivity index (χ1) is 26.0. The molecular weight excluding hydrogens is 698 g/mol. The number of anilines is 2. The van der Waals surface area contributed by atoms with Crippen LogP contribution in [-0.2, 0) is 36.9 Å². The minimum atomic E-state index is -1.10. The molecule has 0 bridgehead atoms. The van der Waals surface area contributed by atoms with E-state index in [4.69, 9.17) is 29.8 Å². The van der Waals surface area contributed by atoms with Gasteiger partial charge in [-0.15, -0.1) is 0 Å². The number of rotatable bonds is 13. The lowest BCUT2D eigenvalue weighted by Gasteiger charge is -2.28. The summed E-state index contributed by atoms with van der Waals surface area (Å²) in [6.45, 7) is 7.10. The van der Waals surface area contributed by atoms with Crippen molar-refractivity contribution in [2.45, 2.75) is 63.6 Å². The molecule has 16 heteroatoms. The molecule has 5 N–H and O–H groups in total. The fraction of sp³-hybridized carbons (Fsp3) is 0.342. The molecule has 0 spiro atoms. The Labute approximate surface area is 312 Å². The van der Waals surface area contributed by atoms with E-state index in [2.05, 4.69) is 27.7 Å². The van der Waals surface area contributed by atoms with Gasteiger partial charge in [-0.2, -0.15) is 10.4 Å². The van der Waals surface area contributed by atoms with Gasteiger partial charge in [0.25, 0.3) is 11.8 Å². The van der Waals surface area contributed by atoms with Gasteiger partial charge in [0, 0.05) is 61.9 Å². The van der Waals surface area contributed by atoms with Crippen molar-refractivity contribution < 1.29 is 43.3 Å². The highest BCUT2D eigenvalue weighted by Gasteiger charge is 2.37. The molecule has 4 amide bonds. The van der Waals surface area contributed by atoms with Gasteiger partial charge < -0.3 is 35.6 Å². The number of hydrogen-bond acceptors (Lipinski definition) is 12. The zero-order valence-corrected chi connectivity index (χ0v) is 30.4. The number of nitrogens with zero attached hydrogens (tertiary/aromatic N) is 3. The summed E-state index contributed by atoms with van der Waals surface area (Å²) < 4.78 is 11.1. The lowest BCUT2D eigenvalue weighted by Crippen LogP contribution is -2.50. The molecule has 16 nitrogen and oxygen atoms in total. The molecule has 0 fully saturated rings. The molecule has 0 radical (unpaired) electrons. The van der Waals surface area contributed by atoms with Crippen LogP contribution in [0.5, 0.6) is 11.5 Å². The molecule has 6 rings (SSSR count). The Morgan fingerprint density at radius 2 is 1.78 bits per heavy atom. The van der Waals surface area contributed by atoms with Gasteiger partial charge in [-0.3, -0.25) is 29.2 Å². The normalized spacial score (nSPS) is 18.0. The second-order valence-electron chi connectivity index (χ2n) is 13.2. The van der Waals surface area contributed by atoms with Crippen molar-refractivity contribution >= 4 is 47.1 Å². The van der Waals surface area contributed by atoms with E-state index in [9.17, 15) is 19.2 Å². The van der Waals surface area contributed by atoms with Gasteiger partial charge in [-0.25, -0.2) is 4.79 Å². The molecule has 284 valence electrons. The minimum absolute atomic E-state index is 0.0833. The van der Waals surface area contributed by atoms with E-state index in [1.54, 1.807) is 23.2 Å². The Hall–Kier alpha value is -5.97. The van der Waals surface area contributed by atoms with Crippen LogP contribution in [0.1, 0.15) is 41.8 Å². The standard InChI is InChI=1S/C38H43N7O9/c1-21(44(20-26-15-24-10-6-8-12-29(24)42-26)38(49)52-43-36(47)23(3)41-35(46)22(2)39)14-34(51-5)54-53-33-18-30-28(17-32(33)50-4)37(48)45-27(19-40-30)16-25-11-7-9-13-31(25)45/h6-13,17-19,22-23,26-27,34,42H,1,14-16,20,39H2,2-5H3,(H,41,46)(H,43,47)/t22?,23?,26-,27-,34?/m0/s1. The third-order valence-corrected chi connectivity index (χ3v) is 9.29. The average Bonchev–Trinajstić information content (AvgIpc) is 3.73. The second-order valence-corrected chi connectivity index (χ2v) is 13.2. The van der Waals surface area contributed by atoms with E-state index >= 15 is 0 Å². The summed E-state index contributed by atoms with van der Waals surface area (Å²) in [5, 5.41) is 5.83. The fourth-order valence-electron chi connectivity index (χ4n) is 6.39. The van der Waals surface area contributed by atoms with Crippen molar-refractivity contribution in [3.63, 3.8) is 0 Å². The van der Waals surface area contributed by atoms with Crippen LogP contribution in [0, 0.1) is 0 Å². The largest absolute Gasteiger partial charge is 0.493 e. The van der Waals surface area contributed by atoms with Crippen molar-refractivity contribution in [1.29, 1.82) is 0 Å². The molecule has 5 atom stereocenters. The van der Waals surface area contributed by atoms with E-state index in [0.717, 1.165) is 22.5 Å². The molecule has 3 aliphatic rings. The molecule has 54 heavy (non-hydrogen) atoms. The van der Waals surface area contributed by atoms with Crippen LogP contribution >= 0.6 is 0 Å². The molecule has 0 saturated heterocycles. The number of methoxy groups -OCH3 is 2. The summed E-state index contributed by atoms with van der Waals surface area (Å²) in [7, 11) is 2.83. The van der Waals surface area contributed by atoms with Crippen molar-refractivity contribution in [3.05, 3.63) is 89.6 Å². The van der Waals surface area contributed by atoms with Crippen molar-refractivity contribution in [2.24, 2.45) is 10.7 Å². The molecule has 0 saturated carbocycles. The van der Waals surface area contributed by atoms with E-state index < -0.39 is 36.3 Å². The number of hydrogen-bond donors (Lipinski definition) is 4. The van der Waals surface area contributed by atoms with Crippen LogP contribution in [0.25, 0.3) is 0 Å². The SMILES string of the molecule is C=C(CC(OC)OOc1cc2c(cc1OC)C(=O)N1c3ccccc3C[C@H]1C=N2)N(C[C@@H]1Cc2ccccc2N1)C(=O)ONC(=O)C(C)NC(=O)C(C)N. The van der Waals surface area contributed by atoms with Crippen LogP contribution in [0.4, 0.5) is 21.9 Å². The van der Waals surface area contributed by atoms with Gasteiger partial charge in [-0.05, 0) is 49.6 Å². The third kappa shape index (κ3) is 8.15. The predicted molar refractivity (Wildman–Crippen MR) is 198 cm³/mol. The number of nitrogens with two attached hydrogens (primary N) is 1. The topological polar surface area (TPSA) is 195 Å². The van der Waals surface area contributed by atoms with Crippen LogP contribution in [0.2, 0.25) is 0 Å². The number of nitrogens with one attached hydrogen (secondary N) is 3. The number of para-hydroxylation sites is 2. The number of amides is 4.